The highest BCUT2D eigenvalue weighted by Crippen LogP contribution is 2.23. The zero-order valence-electron chi connectivity index (χ0n) is 17.0. The molecule has 0 aliphatic carbocycles. The molecule has 1 fully saturated rings. The molecule has 0 bridgehead atoms. The van der Waals surface area contributed by atoms with Crippen LogP contribution in [-0.2, 0) is 11.2 Å². The standard InChI is InChI=1S/C23H25ClN4O2/c1-27-12-14-28(15-13-27)20-8-6-19(7-9-20)26-22(29)10-11-23-25-16-21(30-23)17-2-4-18(24)5-3-17/h2-9,16H,10-15H2,1H3,(H,26,29). The molecule has 1 aliphatic heterocycles. The van der Waals surface area contributed by atoms with Crippen molar-refractivity contribution in [2.45, 2.75) is 12.8 Å². The Morgan fingerprint density at radius 1 is 1.07 bits per heavy atom. The molecule has 2 aromatic carbocycles. The summed E-state index contributed by atoms with van der Waals surface area (Å²) in [5.41, 5.74) is 2.89. The van der Waals surface area contributed by atoms with Crippen LogP contribution in [0.25, 0.3) is 11.3 Å². The summed E-state index contributed by atoms with van der Waals surface area (Å²) in [7, 11) is 2.15. The Labute approximate surface area is 181 Å². The maximum atomic E-state index is 12.3. The number of oxazole rings is 1. The van der Waals surface area contributed by atoms with Crippen LogP contribution in [0.5, 0.6) is 0 Å². The van der Waals surface area contributed by atoms with Crippen LogP contribution in [-0.4, -0.2) is 49.0 Å². The zero-order chi connectivity index (χ0) is 20.9. The van der Waals surface area contributed by atoms with Gasteiger partial charge in [0.1, 0.15) is 0 Å². The van der Waals surface area contributed by atoms with E-state index in [1.165, 1.54) is 5.69 Å². The average molecular weight is 425 g/mol. The van der Waals surface area contributed by atoms with Gasteiger partial charge in [0.05, 0.1) is 6.20 Å². The summed E-state index contributed by atoms with van der Waals surface area (Å²) in [6, 6.07) is 15.4. The maximum absolute atomic E-state index is 12.3. The van der Waals surface area contributed by atoms with Gasteiger partial charge >= 0.3 is 0 Å². The Morgan fingerprint density at radius 2 is 1.77 bits per heavy atom. The number of aromatic nitrogens is 1. The quantitative estimate of drug-likeness (QED) is 0.638. The number of carbonyl (C=O) groups excluding carboxylic acids is 1. The van der Waals surface area contributed by atoms with Crippen LogP contribution in [0, 0.1) is 0 Å². The topological polar surface area (TPSA) is 61.6 Å². The highest BCUT2D eigenvalue weighted by molar-refractivity contribution is 6.30. The summed E-state index contributed by atoms with van der Waals surface area (Å²) >= 11 is 5.91. The number of likely N-dealkylation sites (N-methyl/N-ethyl adjacent to an activating group) is 1. The van der Waals surface area contributed by atoms with Crippen LogP contribution < -0.4 is 10.2 Å². The number of hydrogen-bond donors (Lipinski definition) is 1. The number of anilines is 2. The first-order chi connectivity index (χ1) is 14.6. The van der Waals surface area contributed by atoms with Crippen molar-refractivity contribution in [2.24, 2.45) is 0 Å². The van der Waals surface area contributed by atoms with E-state index in [2.05, 4.69) is 39.3 Å². The minimum atomic E-state index is -0.0615. The van der Waals surface area contributed by atoms with Gasteiger partial charge in [0.25, 0.3) is 0 Å². The predicted octanol–water partition coefficient (Wildman–Crippen LogP) is 4.32. The van der Waals surface area contributed by atoms with Gasteiger partial charge in [0.2, 0.25) is 5.91 Å². The second kappa shape index (κ2) is 9.32. The third kappa shape index (κ3) is 5.20. The van der Waals surface area contributed by atoms with Crippen LogP contribution in [0.4, 0.5) is 11.4 Å². The second-order valence-electron chi connectivity index (χ2n) is 7.51. The Kier molecular flexibility index (Phi) is 6.35. The SMILES string of the molecule is CN1CCN(c2ccc(NC(=O)CCc3ncc(-c4ccc(Cl)cc4)o3)cc2)CC1. The molecule has 1 amide bonds. The molecule has 1 aliphatic rings. The van der Waals surface area contributed by atoms with Gasteiger partial charge in [-0.05, 0) is 55.6 Å². The molecule has 1 saturated heterocycles. The van der Waals surface area contributed by atoms with Crippen molar-refractivity contribution in [1.29, 1.82) is 0 Å². The highest BCUT2D eigenvalue weighted by atomic mass is 35.5. The van der Waals surface area contributed by atoms with Crippen LogP contribution in [0.1, 0.15) is 12.3 Å². The number of carbonyl (C=O) groups is 1. The molecular weight excluding hydrogens is 400 g/mol. The van der Waals surface area contributed by atoms with Gasteiger partial charge in [-0.2, -0.15) is 0 Å². The number of piperazine rings is 1. The summed E-state index contributed by atoms with van der Waals surface area (Å²) in [5, 5.41) is 3.62. The Bertz CT molecular complexity index is 977. The van der Waals surface area contributed by atoms with Crippen molar-refractivity contribution >= 4 is 28.9 Å². The van der Waals surface area contributed by atoms with E-state index < -0.39 is 0 Å². The van der Waals surface area contributed by atoms with Gasteiger partial charge in [-0.15, -0.1) is 0 Å². The highest BCUT2D eigenvalue weighted by Gasteiger charge is 2.14. The number of benzene rings is 2. The van der Waals surface area contributed by atoms with E-state index in [9.17, 15) is 4.79 Å². The van der Waals surface area contributed by atoms with E-state index >= 15 is 0 Å². The predicted molar refractivity (Wildman–Crippen MR) is 120 cm³/mol. The largest absolute Gasteiger partial charge is 0.441 e. The molecule has 0 radical (unpaired) electrons. The van der Waals surface area contributed by atoms with Crippen molar-refractivity contribution in [1.82, 2.24) is 9.88 Å². The van der Waals surface area contributed by atoms with E-state index in [-0.39, 0.29) is 5.91 Å². The molecule has 3 aromatic rings. The van der Waals surface area contributed by atoms with Crippen LogP contribution >= 0.6 is 11.6 Å². The first-order valence-electron chi connectivity index (χ1n) is 10.1. The number of amides is 1. The molecule has 2 heterocycles. The number of nitrogens with one attached hydrogen (secondary N) is 1. The minimum Gasteiger partial charge on any atom is -0.441 e. The van der Waals surface area contributed by atoms with Crippen molar-refractivity contribution in [2.75, 3.05) is 43.4 Å². The summed E-state index contributed by atoms with van der Waals surface area (Å²) < 4.78 is 5.76. The van der Waals surface area contributed by atoms with Crippen molar-refractivity contribution < 1.29 is 9.21 Å². The first kappa shape index (κ1) is 20.4. The fourth-order valence-corrected chi connectivity index (χ4v) is 3.56. The molecule has 7 heteroatoms. The number of nitrogens with zero attached hydrogens (tertiary/aromatic N) is 3. The van der Waals surface area contributed by atoms with Gasteiger partial charge < -0.3 is 19.5 Å². The van der Waals surface area contributed by atoms with Gasteiger partial charge in [-0.1, -0.05) is 11.6 Å². The lowest BCUT2D eigenvalue weighted by atomic mass is 10.2. The number of hydrogen-bond acceptors (Lipinski definition) is 5. The molecule has 0 saturated carbocycles. The van der Waals surface area contributed by atoms with Crippen molar-refractivity contribution in [3.8, 4) is 11.3 Å². The minimum absolute atomic E-state index is 0.0615. The van der Waals surface area contributed by atoms with E-state index in [0.717, 1.165) is 37.4 Å². The number of halogens is 1. The summed E-state index contributed by atoms with van der Waals surface area (Å²) in [6.07, 6.45) is 2.42. The lowest BCUT2D eigenvalue weighted by molar-refractivity contribution is -0.116. The molecule has 156 valence electrons. The maximum Gasteiger partial charge on any atom is 0.224 e. The van der Waals surface area contributed by atoms with Crippen LogP contribution in [0.2, 0.25) is 5.02 Å². The van der Waals surface area contributed by atoms with Crippen molar-refractivity contribution in [3.05, 3.63) is 65.6 Å². The van der Waals surface area contributed by atoms with E-state index in [1.54, 1.807) is 6.20 Å². The van der Waals surface area contributed by atoms with Crippen molar-refractivity contribution in [3.63, 3.8) is 0 Å². The Hall–Kier alpha value is -2.83. The monoisotopic (exact) mass is 424 g/mol. The normalized spacial score (nSPS) is 14.7. The Balaban J connectivity index is 1.27. The molecule has 1 aromatic heterocycles. The van der Waals surface area contributed by atoms with Gasteiger partial charge in [-0.3, -0.25) is 4.79 Å². The molecular formula is C23H25ClN4O2. The molecule has 0 unspecified atom stereocenters. The second-order valence-corrected chi connectivity index (χ2v) is 7.95. The fourth-order valence-electron chi connectivity index (χ4n) is 3.44. The Morgan fingerprint density at radius 3 is 2.47 bits per heavy atom. The zero-order valence-corrected chi connectivity index (χ0v) is 17.7. The summed E-state index contributed by atoms with van der Waals surface area (Å²) in [4.78, 5) is 21.3. The van der Waals surface area contributed by atoms with Gasteiger partial charge in [-0.25, -0.2) is 4.98 Å². The smallest absolute Gasteiger partial charge is 0.224 e. The molecule has 4 rings (SSSR count). The van der Waals surface area contributed by atoms with E-state index in [0.29, 0.717) is 29.5 Å². The van der Waals surface area contributed by atoms with Gasteiger partial charge in [0, 0.05) is 61.0 Å². The summed E-state index contributed by atoms with van der Waals surface area (Å²) in [5.74, 6) is 1.15. The first-order valence-corrected chi connectivity index (χ1v) is 10.5. The van der Waals surface area contributed by atoms with Gasteiger partial charge in [0.15, 0.2) is 11.7 Å². The van der Waals surface area contributed by atoms with Crippen LogP contribution in [0.15, 0.2) is 59.1 Å². The molecule has 1 N–H and O–H groups in total. The fraction of sp³-hybridized carbons (Fsp3) is 0.304. The molecule has 0 atom stereocenters. The third-order valence-corrected chi connectivity index (χ3v) is 5.52. The lowest BCUT2D eigenvalue weighted by Crippen LogP contribution is -2.44. The van der Waals surface area contributed by atoms with E-state index in [4.69, 9.17) is 16.0 Å². The molecule has 30 heavy (non-hydrogen) atoms. The number of aryl methyl sites for hydroxylation is 1. The summed E-state index contributed by atoms with van der Waals surface area (Å²) in [6.45, 7) is 4.19. The third-order valence-electron chi connectivity index (χ3n) is 5.27. The molecule has 6 nitrogen and oxygen atoms in total. The van der Waals surface area contributed by atoms with Crippen LogP contribution in [0.3, 0.4) is 0 Å². The van der Waals surface area contributed by atoms with E-state index in [1.807, 2.05) is 36.4 Å². The number of rotatable bonds is 6. The average Bonchev–Trinajstić information content (AvgIpc) is 3.23. The molecule has 0 spiro atoms. The lowest BCUT2D eigenvalue weighted by Gasteiger charge is -2.34.